The summed E-state index contributed by atoms with van der Waals surface area (Å²) in [5.74, 6) is 0.710. The molecule has 2 N–H and O–H groups in total. The number of hydrogen-bond acceptors (Lipinski definition) is 2. The molecule has 2 nitrogen and oxygen atoms in total. The third-order valence-electron chi connectivity index (χ3n) is 3.26. The van der Waals surface area contributed by atoms with Crippen LogP contribution in [0, 0.1) is 5.92 Å². The fourth-order valence-electron chi connectivity index (χ4n) is 2.38. The molecule has 0 aliphatic heterocycles. The quantitative estimate of drug-likeness (QED) is 0.817. The van der Waals surface area contributed by atoms with Crippen molar-refractivity contribution in [3.8, 4) is 0 Å². The molecule has 1 aliphatic rings. The first kappa shape index (κ1) is 12.4. The van der Waals surface area contributed by atoms with Gasteiger partial charge in [-0.25, -0.2) is 0 Å². The number of benzene rings is 1. The van der Waals surface area contributed by atoms with Gasteiger partial charge < -0.3 is 10.6 Å². The number of para-hydroxylation sites is 1. The van der Waals surface area contributed by atoms with Crippen molar-refractivity contribution >= 4 is 5.69 Å². The summed E-state index contributed by atoms with van der Waals surface area (Å²) in [6, 6.07) is 9.51. The Kier molecular flexibility index (Phi) is 4.06. The third kappa shape index (κ3) is 3.22. The lowest BCUT2D eigenvalue weighted by Gasteiger charge is -2.29. The van der Waals surface area contributed by atoms with Gasteiger partial charge in [-0.15, -0.1) is 0 Å². The molecule has 17 heavy (non-hydrogen) atoms. The van der Waals surface area contributed by atoms with Gasteiger partial charge in [0.05, 0.1) is 0 Å². The summed E-state index contributed by atoms with van der Waals surface area (Å²) in [6.45, 7) is 6.48. The normalized spacial score (nSPS) is 15.3. The third-order valence-corrected chi connectivity index (χ3v) is 3.26. The average Bonchev–Trinajstić information content (AvgIpc) is 3.11. The molecule has 0 amide bonds. The molecule has 0 saturated heterocycles. The molecule has 0 radical (unpaired) electrons. The van der Waals surface area contributed by atoms with Crippen LogP contribution in [0.15, 0.2) is 24.3 Å². The average molecular weight is 232 g/mol. The Morgan fingerprint density at radius 2 is 2.00 bits per heavy atom. The van der Waals surface area contributed by atoms with E-state index in [0.29, 0.717) is 5.92 Å². The van der Waals surface area contributed by atoms with Crippen LogP contribution in [0.5, 0.6) is 0 Å². The number of anilines is 1. The summed E-state index contributed by atoms with van der Waals surface area (Å²) in [4.78, 5) is 2.59. The van der Waals surface area contributed by atoms with Crippen molar-refractivity contribution in [1.29, 1.82) is 0 Å². The first-order chi connectivity index (χ1) is 8.22. The number of hydrogen-bond donors (Lipinski definition) is 1. The van der Waals surface area contributed by atoms with Crippen LogP contribution in [0.1, 0.15) is 32.3 Å². The lowest BCUT2D eigenvalue weighted by Crippen LogP contribution is -2.30. The van der Waals surface area contributed by atoms with Gasteiger partial charge in [0.25, 0.3) is 0 Å². The van der Waals surface area contributed by atoms with Gasteiger partial charge in [0.2, 0.25) is 0 Å². The van der Waals surface area contributed by atoms with Crippen molar-refractivity contribution in [2.24, 2.45) is 11.7 Å². The second kappa shape index (κ2) is 5.54. The highest BCUT2D eigenvalue weighted by atomic mass is 15.2. The Balaban J connectivity index is 2.21. The van der Waals surface area contributed by atoms with Crippen LogP contribution < -0.4 is 10.6 Å². The van der Waals surface area contributed by atoms with Crippen LogP contribution in [0.4, 0.5) is 5.69 Å². The zero-order valence-corrected chi connectivity index (χ0v) is 11.0. The molecule has 0 unspecified atom stereocenters. The van der Waals surface area contributed by atoms with Gasteiger partial charge in [0, 0.05) is 18.3 Å². The summed E-state index contributed by atoms with van der Waals surface area (Å²) >= 11 is 0. The van der Waals surface area contributed by atoms with E-state index in [1.807, 2.05) is 0 Å². The minimum atomic E-state index is 0.710. The van der Waals surface area contributed by atoms with Crippen molar-refractivity contribution < 1.29 is 0 Å². The summed E-state index contributed by atoms with van der Waals surface area (Å²) < 4.78 is 0. The molecule has 1 aliphatic carbocycles. The highest BCUT2D eigenvalue weighted by Crippen LogP contribution is 2.34. The molecule has 0 heterocycles. The predicted octanol–water partition coefficient (Wildman–Crippen LogP) is 2.81. The van der Waals surface area contributed by atoms with Crippen LogP contribution in [0.2, 0.25) is 0 Å². The van der Waals surface area contributed by atoms with E-state index < -0.39 is 0 Å². The monoisotopic (exact) mass is 232 g/mol. The molecule has 0 aromatic heterocycles. The molecular formula is C15H24N2. The van der Waals surface area contributed by atoms with Gasteiger partial charge in [-0.05, 0) is 43.4 Å². The zero-order valence-electron chi connectivity index (χ0n) is 11.0. The van der Waals surface area contributed by atoms with E-state index >= 15 is 0 Å². The molecule has 1 aromatic rings. The van der Waals surface area contributed by atoms with Crippen LogP contribution in [-0.2, 0) is 6.42 Å². The number of nitrogens with zero attached hydrogens (tertiary/aromatic N) is 1. The van der Waals surface area contributed by atoms with Gasteiger partial charge >= 0.3 is 0 Å². The fourth-order valence-corrected chi connectivity index (χ4v) is 2.38. The van der Waals surface area contributed by atoms with Crippen molar-refractivity contribution in [2.45, 2.75) is 39.2 Å². The van der Waals surface area contributed by atoms with E-state index in [2.05, 4.69) is 43.0 Å². The molecule has 1 fully saturated rings. The van der Waals surface area contributed by atoms with E-state index in [1.54, 1.807) is 0 Å². The highest BCUT2D eigenvalue weighted by molar-refractivity contribution is 5.55. The predicted molar refractivity (Wildman–Crippen MR) is 74.4 cm³/mol. The molecule has 0 atom stereocenters. The second-order valence-electron chi connectivity index (χ2n) is 5.44. The van der Waals surface area contributed by atoms with Crippen molar-refractivity contribution in [2.75, 3.05) is 18.0 Å². The maximum absolute atomic E-state index is 5.70. The Morgan fingerprint density at radius 1 is 1.29 bits per heavy atom. The summed E-state index contributed by atoms with van der Waals surface area (Å²) in [6.07, 6.45) is 3.69. The Bertz CT molecular complexity index is 356. The maximum atomic E-state index is 5.70. The number of nitrogens with two attached hydrogens (primary N) is 1. The van der Waals surface area contributed by atoms with Crippen molar-refractivity contribution in [3.05, 3.63) is 29.8 Å². The molecule has 2 rings (SSSR count). The molecule has 2 heteroatoms. The molecular weight excluding hydrogens is 208 g/mol. The largest absolute Gasteiger partial charge is 0.368 e. The maximum Gasteiger partial charge on any atom is 0.0401 e. The minimum absolute atomic E-state index is 0.710. The van der Waals surface area contributed by atoms with E-state index in [1.165, 1.54) is 24.1 Å². The Morgan fingerprint density at radius 3 is 2.59 bits per heavy atom. The minimum Gasteiger partial charge on any atom is -0.368 e. The molecule has 1 saturated carbocycles. The van der Waals surface area contributed by atoms with Crippen LogP contribution in [0.25, 0.3) is 0 Å². The van der Waals surface area contributed by atoms with Crippen LogP contribution in [0.3, 0.4) is 0 Å². The number of rotatable bonds is 6. The zero-order chi connectivity index (χ0) is 12.3. The lowest BCUT2D eigenvalue weighted by atomic mass is 10.1. The second-order valence-corrected chi connectivity index (χ2v) is 5.44. The van der Waals surface area contributed by atoms with Gasteiger partial charge in [0.15, 0.2) is 0 Å². The van der Waals surface area contributed by atoms with Crippen LogP contribution in [-0.4, -0.2) is 19.1 Å². The topological polar surface area (TPSA) is 29.3 Å². The smallest absolute Gasteiger partial charge is 0.0401 e. The Labute approximate surface area is 105 Å². The van der Waals surface area contributed by atoms with Gasteiger partial charge in [-0.2, -0.15) is 0 Å². The molecule has 94 valence electrons. The van der Waals surface area contributed by atoms with Gasteiger partial charge in [-0.3, -0.25) is 0 Å². The molecule has 0 bridgehead atoms. The van der Waals surface area contributed by atoms with Gasteiger partial charge in [-0.1, -0.05) is 32.0 Å². The summed E-state index contributed by atoms with van der Waals surface area (Å²) in [7, 11) is 0. The van der Waals surface area contributed by atoms with Gasteiger partial charge in [0.1, 0.15) is 0 Å². The van der Waals surface area contributed by atoms with Crippen LogP contribution >= 0.6 is 0 Å². The Hall–Kier alpha value is -1.02. The summed E-state index contributed by atoms with van der Waals surface area (Å²) in [5, 5.41) is 0. The molecule has 0 spiro atoms. The van der Waals surface area contributed by atoms with E-state index in [-0.39, 0.29) is 0 Å². The SMILES string of the molecule is CC(C)CN(c1ccccc1CCN)C1CC1. The lowest BCUT2D eigenvalue weighted by molar-refractivity contribution is 0.605. The first-order valence-corrected chi connectivity index (χ1v) is 6.77. The fraction of sp³-hybridized carbons (Fsp3) is 0.600. The molecule has 1 aromatic carbocycles. The summed E-state index contributed by atoms with van der Waals surface area (Å²) in [5.41, 5.74) is 8.52. The first-order valence-electron chi connectivity index (χ1n) is 6.77. The highest BCUT2D eigenvalue weighted by Gasteiger charge is 2.30. The van der Waals surface area contributed by atoms with E-state index in [4.69, 9.17) is 5.73 Å². The standard InChI is InChI=1S/C15H24N2/c1-12(2)11-17(14-7-8-14)15-6-4-3-5-13(15)9-10-16/h3-6,12,14H,7-11,16H2,1-2H3. The van der Waals surface area contributed by atoms with E-state index in [0.717, 1.165) is 25.6 Å². The van der Waals surface area contributed by atoms with Crippen molar-refractivity contribution in [3.63, 3.8) is 0 Å². The van der Waals surface area contributed by atoms with Crippen molar-refractivity contribution in [1.82, 2.24) is 0 Å². The van der Waals surface area contributed by atoms with E-state index in [9.17, 15) is 0 Å².